The van der Waals surface area contributed by atoms with Crippen LogP contribution in [0, 0.1) is 17.0 Å². The number of aromatic nitrogens is 3. The summed E-state index contributed by atoms with van der Waals surface area (Å²) in [4.78, 5) is 15.7. The fraction of sp³-hybridized carbons (Fsp3) is 0.111. The van der Waals surface area contributed by atoms with Gasteiger partial charge < -0.3 is 0 Å². The van der Waals surface area contributed by atoms with Crippen molar-refractivity contribution in [3.05, 3.63) is 44.8 Å². The highest BCUT2D eigenvalue weighted by atomic mass is 79.9. The number of nitrogens with one attached hydrogen (secondary N) is 1. The highest BCUT2D eigenvalue weighted by Gasteiger charge is 2.15. The molecule has 2 rings (SSSR count). The zero-order valence-electron chi connectivity index (χ0n) is 8.79. The molecule has 1 N–H and O–H groups in total. The Labute approximate surface area is 105 Å². The Morgan fingerprint density at radius 2 is 2.29 bits per heavy atom. The Morgan fingerprint density at radius 1 is 1.53 bits per heavy atom. The lowest BCUT2D eigenvalue weighted by Gasteiger charge is -2.06. The van der Waals surface area contributed by atoms with Crippen molar-refractivity contribution >= 4 is 27.4 Å². The molecule has 0 saturated heterocycles. The van der Waals surface area contributed by atoms with E-state index in [1.54, 1.807) is 25.4 Å². The maximum absolute atomic E-state index is 10.8. The maximum Gasteiger partial charge on any atom is 0.313 e. The van der Waals surface area contributed by atoms with E-state index in [-0.39, 0.29) is 11.5 Å². The molecule has 0 spiro atoms. The van der Waals surface area contributed by atoms with Gasteiger partial charge in [-0.3, -0.25) is 15.5 Å². The predicted octanol–water partition coefficient (Wildman–Crippen LogP) is 2.13. The highest BCUT2D eigenvalue weighted by molar-refractivity contribution is 9.10. The first-order valence-corrected chi connectivity index (χ1v) is 5.45. The van der Waals surface area contributed by atoms with Crippen LogP contribution in [-0.4, -0.2) is 19.8 Å². The number of rotatable bonds is 3. The second-order valence-corrected chi connectivity index (χ2v) is 4.21. The largest absolute Gasteiger partial charge is 0.313 e. The zero-order valence-corrected chi connectivity index (χ0v) is 10.4. The van der Waals surface area contributed by atoms with E-state index in [1.807, 2.05) is 0 Å². The summed E-state index contributed by atoms with van der Waals surface area (Å²) in [6, 6.07) is 2.99. The Kier molecular flexibility index (Phi) is 3.05. The lowest BCUT2D eigenvalue weighted by molar-refractivity contribution is -0.384. The van der Waals surface area contributed by atoms with Gasteiger partial charge in [0.05, 0.1) is 21.8 Å². The quantitative estimate of drug-likeness (QED) is 0.693. The van der Waals surface area contributed by atoms with Gasteiger partial charge in [-0.1, -0.05) is 0 Å². The van der Waals surface area contributed by atoms with Crippen LogP contribution >= 0.6 is 15.9 Å². The number of nitro groups is 1. The molecular formula is C9H8BrN5O2. The first-order chi connectivity index (χ1) is 8.06. The van der Waals surface area contributed by atoms with E-state index in [9.17, 15) is 10.1 Å². The van der Waals surface area contributed by atoms with Crippen molar-refractivity contribution in [2.75, 3.05) is 5.43 Å². The molecular weight excluding hydrogens is 290 g/mol. The van der Waals surface area contributed by atoms with Gasteiger partial charge in [0.15, 0.2) is 0 Å². The monoisotopic (exact) mass is 297 g/mol. The fourth-order valence-corrected chi connectivity index (χ4v) is 1.53. The molecule has 0 saturated carbocycles. The first-order valence-electron chi connectivity index (χ1n) is 4.65. The van der Waals surface area contributed by atoms with Crippen LogP contribution in [0.4, 0.5) is 11.5 Å². The number of anilines is 1. The molecule has 2 aromatic heterocycles. The molecule has 2 aromatic rings. The third-order valence-electron chi connectivity index (χ3n) is 1.98. The molecule has 17 heavy (non-hydrogen) atoms. The third-order valence-corrected chi connectivity index (χ3v) is 2.39. The molecule has 7 nitrogen and oxygen atoms in total. The molecule has 0 bridgehead atoms. The molecule has 8 heteroatoms. The van der Waals surface area contributed by atoms with Gasteiger partial charge in [-0.2, -0.15) is 9.89 Å². The molecule has 0 aliphatic carbocycles. The smallest absolute Gasteiger partial charge is 0.258 e. The number of hydrogen-bond acceptors (Lipinski definition) is 5. The first kappa shape index (κ1) is 11.5. The molecule has 0 aliphatic rings. The van der Waals surface area contributed by atoms with Crippen LogP contribution in [0.5, 0.6) is 0 Å². The Hall–Kier alpha value is -1.96. The zero-order chi connectivity index (χ0) is 12.4. The van der Waals surface area contributed by atoms with E-state index in [1.165, 1.54) is 10.9 Å². The SMILES string of the molecule is Cc1ccc([N+](=O)[O-])c(Nn2cc(Br)cn2)n1. The summed E-state index contributed by atoms with van der Waals surface area (Å²) >= 11 is 3.23. The van der Waals surface area contributed by atoms with Crippen LogP contribution in [0.1, 0.15) is 5.69 Å². The van der Waals surface area contributed by atoms with Gasteiger partial charge >= 0.3 is 5.69 Å². The van der Waals surface area contributed by atoms with Gasteiger partial charge in [-0.25, -0.2) is 4.98 Å². The average Bonchev–Trinajstić information content (AvgIpc) is 2.63. The summed E-state index contributed by atoms with van der Waals surface area (Å²) in [6.45, 7) is 1.76. The van der Waals surface area contributed by atoms with E-state index >= 15 is 0 Å². The Morgan fingerprint density at radius 3 is 2.88 bits per heavy atom. The summed E-state index contributed by atoms with van der Waals surface area (Å²) in [7, 11) is 0. The van der Waals surface area contributed by atoms with Gasteiger partial charge in [0.25, 0.3) is 0 Å². The normalized spacial score (nSPS) is 10.2. The molecule has 0 atom stereocenters. The maximum atomic E-state index is 10.8. The van der Waals surface area contributed by atoms with Crippen molar-refractivity contribution in [3.8, 4) is 0 Å². The number of halogens is 1. The van der Waals surface area contributed by atoms with Crippen molar-refractivity contribution in [3.63, 3.8) is 0 Å². The van der Waals surface area contributed by atoms with Crippen molar-refractivity contribution < 1.29 is 4.92 Å². The predicted molar refractivity (Wildman–Crippen MR) is 64.6 cm³/mol. The van der Waals surface area contributed by atoms with Crippen LogP contribution in [0.2, 0.25) is 0 Å². The Balaban J connectivity index is 2.37. The van der Waals surface area contributed by atoms with Crippen LogP contribution in [0.3, 0.4) is 0 Å². The highest BCUT2D eigenvalue weighted by Crippen LogP contribution is 2.22. The van der Waals surface area contributed by atoms with Crippen LogP contribution < -0.4 is 5.43 Å². The molecule has 0 fully saturated rings. The van der Waals surface area contributed by atoms with Crippen LogP contribution in [0.25, 0.3) is 0 Å². The second-order valence-electron chi connectivity index (χ2n) is 3.29. The van der Waals surface area contributed by atoms with Crippen LogP contribution in [-0.2, 0) is 0 Å². The molecule has 0 radical (unpaired) electrons. The third kappa shape index (κ3) is 2.59. The summed E-state index contributed by atoms with van der Waals surface area (Å²) in [5.41, 5.74) is 3.33. The molecule has 0 unspecified atom stereocenters. The lowest BCUT2D eigenvalue weighted by atomic mass is 10.3. The minimum absolute atomic E-state index is 0.0952. The van der Waals surface area contributed by atoms with E-state index in [4.69, 9.17) is 0 Å². The summed E-state index contributed by atoms with van der Waals surface area (Å²) in [5, 5.41) is 14.8. The summed E-state index contributed by atoms with van der Waals surface area (Å²) < 4.78 is 0.764. The topological polar surface area (TPSA) is 85.9 Å². The number of hydrogen-bond donors (Lipinski definition) is 1. The van der Waals surface area contributed by atoms with Crippen molar-refractivity contribution in [2.24, 2.45) is 0 Å². The molecule has 88 valence electrons. The lowest BCUT2D eigenvalue weighted by Crippen LogP contribution is -2.12. The number of nitrogens with zero attached hydrogens (tertiary/aromatic N) is 4. The molecule has 0 amide bonds. The van der Waals surface area contributed by atoms with Crippen LogP contribution in [0.15, 0.2) is 29.0 Å². The Bertz CT molecular complexity index is 568. The van der Waals surface area contributed by atoms with Crippen molar-refractivity contribution in [2.45, 2.75) is 6.92 Å². The minimum Gasteiger partial charge on any atom is -0.258 e. The summed E-state index contributed by atoms with van der Waals surface area (Å²) in [6.07, 6.45) is 3.20. The number of pyridine rings is 1. The van der Waals surface area contributed by atoms with Crippen molar-refractivity contribution in [1.82, 2.24) is 14.9 Å². The standard InChI is InChI=1S/C9H8BrN5O2/c1-6-2-3-8(15(16)17)9(12-6)13-14-5-7(10)4-11-14/h2-5H,1H3,(H,12,13). The van der Waals surface area contributed by atoms with Gasteiger partial charge in [0.2, 0.25) is 5.82 Å². The van der Waals surface area contributed by atoms with Gasteiger partial charge in [-0.15, -0.1) is 0 Å². The van der Waals surface area contributed by atoms with Gasteiger partial charge in [-0.05, 0) is 28.9 Å². The van der Waals surface area contributed by atoms with Crippen molar-refractivity contribution in [1.29, 1.82) is 0 Å². The van der Waals surface area contributed by atoms with E-state index in [2.05, 4.69) is 31.4 Å². The average molecular weight is 298 g/mol. The minimum atomic E-state index is -0.493. The number of aryl methyl sites for hydroxylation is 1. The summed E-state index contributed by atoms with van der Waals surface area (Å²) in [5.74, 6) is 0.158. The van der Waals surface area contributed by atoms with E-state index in [0.717, 1.165) is 4.47 Å². The second kappa shape index (κ2) is 4.50. The van der Waals surface area contributed by atoms with Gasteiger partial charge in [0, 0.05) is 11.8 Å². The molecule has 0 aromatic carbocycles. The van der Waals surface area contributed by atoms with E-state index in [0.29, 0.717) is 5.69 Å². The molecule has 0 aliphatic heterocycles. The van der Waals surface area contributed by atoms with E-state index < -0.39 is 4.92 Å². The van der Waals surface area contributed by atoms with Gasteiger partial charge in [0.1, 0.15) is 0 Å². The molecule has 2 heterocycles. The fourth-order valence-electron chi connectivity index (χ4n) is 1.25.